The lowest BCUT2D eigenvalue weighted by Gasteiger charge is -2.16. The van der Waals surface area contributed by atoms with Crippen molar-refractivity contribution < 1.29 is 4.74 Å². The summed E-state index contributed by atoms with van der Waals surface area (Å²) in [4.78, 5) is 0. The molecule has 0 aliphatic heterocycles. The highest BCUT2D eigenvalue weighted by Crippen LogP contribution is 2.25. The van der Waals surface area contributed by atoms with Crippen LogP contribution in [0.5, 0.6) is 5.75 Å². The van der Waals surface area contributed by atoms with E-state index in [4.69, 9.17) is 16.2 Å². The first-order valence-corrected chi connectivity index (χ1v) is 4.86. The molecule has 1 rings (SSSR count). The normalized spacial score (nSPS) is 12.6. The molecule has 4 N–H and O–H groups in total. The van der Waals surface area contributed by atoms with Gasteiger partial charge < -0.3 is 16.2 Å². The van der Waals surface area contributed by atoms with Crippen LogP contribution in [0.4, 0.5) is 0 Å². The van der Waals surface area contributed by atoms with Crippen molar-refractivity contribution in [2.75, 3.05) is 13.7 Å². The smallest absolute Gasteiger partial charge is 0.122 e. The average molecular weight is 194 g/mol. The zero-order chi connectivity index (χ0) is 10.6. The number of hydrogen-bond donors (Lipinski definition) is 2. The molecule has 0 amide bonds. The number of hydrogen-bond acceptors (Lipinski definition) is 3. The Labute approximate surface area is 85.0 Å². The van der Waals surface area contributed by atoms with Gasteiger partial charge in [0.1, 0.15) is 5.75 Å². The maximum absolute atomic E-state index is 5.91. The Kier molecular flexibility index (Phi) is 3.92. The van der Waals surface area contributed by atoms with Crippen LogP contribution in [0.2, 0.25) is 0 Å². The van der Waals surface area contributed by atoms with Crippen LogP contribution in [0.15, 0.2) is 18.2 Å². The molecule has 0 aliphatic rings. The molecule has 0 spiro atoms. The molecule has 3 nitrogen and oxygen atoms in total. The van der Waals surface area contributed by atoms with E-state index < -0.39 is 0 Å². The zero-order valence-electron chi connectivity index (χ0n) is 8.79. The molecule has 14 heavy (non-hydrogen) atoms. The first-order chi connectivity index (χ1) is 6.74. The third kappa shape index (κ3) is 2.05. The van der Waals surface area contributed by atoms with E-state index in [1.54, 1.807) is 7.11 Å². The molecule has 0 heterocycles. The van der Waals surface area contributed by atoms with Gasteiger partial charge in [-0.05, 0) is 23.6 Å². The van der Waals surface area contributed by atoms with Crippen LogP contribution in [0.1, 0.15) is 24.1 Å². The van der Waals surface area contributed by atoms with E-state index >= 15 is 0 Å². The lowest BCUT2D eigenvalue weighted by molar-refractivity contribution is 0.408. The van der Waals surface area contributed by atoms with Gasteiger partial charge >= 0.3 is 0 Å². The van der Waals surface area contributed by atoms with Crippen LogP contribution in [0, 0.1) is 0 Å². The molecule has 0 saturated carbocycles. The Morgan fingerprint density at radius 3 is 2.64 bits per heavy atom. The molecule has 0 radical (unpaired) electrons. The van der Waals surface area contributed by atoms with Gasteiger partial charge in [-0.15, -0.1) is 0 Å². The molecule has 0 unspecified atom stereocenters. The van der Waals surface area contributed by atoms with Crippen LogP contribution < -0.4 is 16.2 Å². The summed E-state index contributed by atoms with van der Waals surface area (Å²) in [7, 11) is 1.67. The first kappa shape index (κ1) is 11.0. The minimum atomic E-state index is -0.0972. The fraction of sp³-hybridized carbons (Fsp3) is 0.455. The van der Waals surface area contributed by atoms with Gasteiger partial charge in [-0.2, -0.15) is 0 Å². The van der Waals surface area contributed by atoms with Crippen molar-refractivity contribution in [2.45, 2.75) is 19.4 Å². The fourth-order valence-electron chi connectivity index (χ4n) is 1.63. The highest BCUT2D eigenvalue weighted by molar-refractivity contribution is 5.41. The van der Waals surface area contributed by atoms with Gasteiger partial charge in [-0.3, -0.25) is 0 Å². The molecule has 1 atom stereocenters. The molecule has 0 saturated heterocycles. The van der Waals surface area contributed by atoms with Gasteiger partial charge in [0.25, 0.3) is 0 Å². The van der Waals surface area contributed by atoms with Crippen LogP contribution in [-0.2, 0) is 6.42 Å². The Balaban J connectivity index is 3.14. The molecule has 0 fully saturated rings. The van der Waals surface area contributed by atoms with Crippen molar-refractivity contribution in [3.05, 3.63) is 29.3 Å². The summed E-state index contributed by atoms with van der Waals surface area (Å²) >= 11 is 0. The monoisotopic (exact) mass is 194 g/mol. The number of ether oxygens (including phenoxy) is 1. The van der Waals surface area contributed by atoms with Crippen molar-refractivity contribution >= 4 is 0 Å². The lowest BCUT2D eigenvalue weighted by Crippen LogP contribution is -2.22. The quantitative estimate of drug-likeness (QED) is 0.757. The number of methoxy groups -OCH3 is 1. The van der Waals surface area contributed by atoms with E-state index in [1.165, 1.54) is 0 Å². The van der Waals surface area contributed by atoms with E-state index in [1.807, 2.05) is 18.2 Å². The summed E-state index contributed by atoms with van der Waals surface area (Å²) in [6.07, 6.45) is 0.910. The molecule has 0 aromatic heterocycles. The Morgan fingerprint density at radius 2 is 2.14 bits per heavy atom. The first-order valence-electron chi connectivity index (χ1n) is 4.86. The second-order valence-corrected chi connectivity index (χ2v) is 3.22. The van der Waals surface area contributed by atoms with E-state index in [0.717, 1.165) is 23.3 Å². The summed E-state index contributed by atoms with van der Waals surface area (Å²) in [5, 5.41) is 0. The van der Waals surface area contributed by atoms with E-state index in [-0.39, 0.29) is 6.04 Å². The summed E-state index contributed by atoms with van der Waals surface area (Å²) in [6, 6.07) is 5.81. The minimum Gasteiger partial charge on any atom is -0.496 e. The molecule has 0 bridgehead atoms. The standard InChI is InChI=1S/C11H18N2O/c1-3-8-9(10(13)7-12)5-4-6-11(8)14-2/h4-6,10H,3,7,12-13H2,1-2H3/t10-/m0/s1. The van der Waals surface area contributed by atoms with Gasteiger partial charge in [0.05, 0.1) is 7.11 Å². The van der Waals surface area contributed by atoms with Gasteiger partial charge in [0.2, 0.25) is 0 Å². The summed E-state index contributed by atoms with van der Waals surface area (Å²) < 4.78 is 5.28. The van der Waals surface area contributed by atoms with Gasteiger partial charge in [-0.1, -0.05) is 19.1 Å². The Hall–Kier alpha value is -1.06. The maximum Gasteiger partial charge on any atom is 0.122 e. The molecule has 1 aromatic carbocycles. The van der Waals surface area contributed by atoms with Gasteiger partial charge in [0, 0.05) is 12.6 Å². The van der Waals surface area contributed by atoms with Gasteiger partial charge in [-0.25, -0.2) is 0 Å². The molecule has 78 valence electrons. The maximum atomic E-state index is 5.91. The van der Waals surface area contributed by atoms with E-state index in [9.17, 15) is 0 Å². The second kappa shape index (κ2) is 4.98. The molecular formula is C11H18N2O. The van der Waals surface area contributed by atoms with Crippen LogP contribution in [0.25, 0.3) is 0 Å². The molecule has 3 heteroatoms. The molecule has 1 aromatic rings. The Morgan fingerprint density at radius 1 is 1.43 bits per heavy atom. The summed E-state index contributed by atoms with van der Waals surface area (Å²) in [6.45, 7) is 2.55. The van der Waals surface area contributed by atoms with Crippen molar-refractivity contribution in [3.63, 3.8) is 0 Å². The topological polar surface area (TPSA) is 61.3 Å². The molecule has 0 aliphatic carbocycles. The summed E-state index contributed by atoms with van der Waals surface area (Å²) in [5.74, 6) is 0.897. The molecular weight excluding hydrogens is 176 g/mol. The van der Waals surface area contributed by atoms with Crippen molar-refractivity contribution in [3.8, 4) is 5.75 Å². The fourth-order valence-corrected chi connectivity index (χ4v) is 1.63. The predicted molar refractivity (Wildman–Crippen MR) is 58.4 cm³/mol. The predicted octanol–water partition coefficient (Wildman–Crippen LogP) is 1.22. The SMILES string of the molecule is CCc1c(OC)cccc1[C@@H](N)CN. The van der Waals surface area contributed by atoms with Crippen molar-refractivity contribution in [1.82, 2.24) is 0 Å². The number of rotatable bonds is 4. The third-order valence-corrected chi connectivity index (χ3v) is 2.40. The highest BCUT2D eigenvalue weighted by Gasteiger charge is 2.11. The van der Waals surface area contributed by atoms with Crippen molar-refractivity contribution in [1.29, 1.82) is 0 Å². The highest BCUT2D eigenvalue weighted by atomic mass is 16.5. The zero-order valence-corrected chi connectivity index (χ0v) is 8.79. The van der Waals surface area contributed by atoms with Crippen LogP contribution in [-0.4, -0.2) is 13.7 Å². The van der Waals surface area contributed by atoms with Crippen LogP contribution >= 0.6 is 0 Å². The number of benzene rings is 1. The van der Waals surface area contributed by atoms with Crippen molar-refractivity contribution in [2.24, 2.45) is 11.5 Å². The summed E-state index contributed by atoms with van der Waals surface area (Å²) in [5.41, 5.74) is 13.7. The Bertz CT molecular complexity index is 299. The van der Waals surface area contributed by atoms with E-state index in [0.29, 0.717) is 6.54 Å². The largest absolute Gasteiger partial charge is 0.496 e. The third-order valence-electron chi connectivity index (χ3n) is 2.40. The number of nitrogens with two attached hydrogens (primary N) is 2. The second-order valence-electron chi connectivity index (χ2n) is 3.22. The average Bonchev–Trinajstić information content (AvgIpc) is 2.26. The minimum absolute atomic E-state index is 0.0972. The van der Waals surface area contributed by atoms with Gasteiger partial charge in [0.15, 0.2) is 0 Å². The lowest BCUT2D eigenvalue weighted by atomic mass is 9.98. The van der Waals surface area contributed by atoms with E-state index in [2.05, 4.69) is 6.92 Å². The van der Waals surface area contributed by atoms with Crippen LogP contribution in [0.3, 0.4) is 0 Å².